The van der Waals surface area contributed by atoms with E-state index in [2.05, 4.69) is 22.6 Å². The van der Waals surface area contributed by atoms with Crippen LogP contribution in [-0.4, -0.2) is 26.9 Å². The van der Waals surface area contributed by atoms with E-state index >= 15 is 0 Å². The van der Waals surface area contributed by atoms with Gasteiger partial charge in [-0.2, -0.15) is 0 Å². The van der Waals surface area contributed by atoms with Gasteiger partial charge in [0.05, 0.1) is 24.5 Å². The monoisotopic (exact) mass is 237 g/mol. The first-order valence-corrected chi connectivity index (χ1v) is 6.14. The second-order valence-corrected chi connectivity index (χ2v) is 4.56. The lowest BCUT2D eigenvalue weighted by Crippen LogP contribution is -2.29. The quantitative estimate of drug-likeness (QED) is 0.774. The van der Waals surface area contributed by atoms with E-state index in [4.69, 9.17) is 5.73 Å². The fraction of sp³-hybridized carbons (Fsp3) is 0.727. The molecule has 2 unspecified atom stereocenters. The number of nitrogens with one attached hydrogen (secondary N) is 1. The number of hydrogen-bond donors (Lipinski definition) is 2. The van der Waals surface area contributed by atoms with Gasteiger partial charge in [-0.15, -0.1) is 5.10 Å². The topological polar surface area (TPSA) is 85.8 Å². The van der Waals surface area contributed by atoms with Crippen molar-refractivity contribution < 1.29 is 4.79 Å². The Morgan fingerprint density at radius 1 is 1.71 bits per heavy atom. The van der Waals surface area contributed by atoms with Gasteiger partial charge in [-0.05, 0) is 12.8 Å². The Kier molecular flexibility index (Phi) is 3.73. The summed E-state index contributed by atoms with van der Waals surface area (Å²) in [5.41, 5.74) is 6.79. The maximum absolute atomic E-state index is 11.1. The minimum absolute atomic E-state index is 0.0353. The van der Waals surface area contributed by atoms with Crippen LogP contribution in [0.5, 0.6) is 0 Å². The summed E-state index contributed by atoms with van der Waals surface area (Å²) in [6, 6.07) is 0.145. The molecule has 0 spiro atoms. The molecule has 3 N–H and O–H groups in total. The minimum Gasteiger partial charge on any atom is -0.351 e. The van der Waals surface area contributed by atoms with Gasteiger partial charge in [-0.25, -0.2) is 0 Å². The van der Waals surface area contributed by atoms with Gasteiger partial charge in [-0.3, -0.25) is 9.48 Å². The molecular formula is C11H19N5O. The Balaban J connectivity index is 1.91. The lowest BCUT2D eigenvalue weighted by Gasteiger charge is -2.08. The zero-order chi connectivity index (χ0) is 12.3. The first-order valence-electron chi connectivity index (χ1n) is 6.14. The van der Waals surface area contributed by atoms with Gasteiger partial charge in [0.15, 0.2) is 0 Å². The molecule has 0 radical (unpaired) electrons. The van der Waals surface area contributed by atoms with Crippen LogP contribution in [0.4, 0.5) is 0 Å². The van der Waals surface area contributed by atoms with E-state index in [1.807, 2.05) is 6.20 Å². The van der Waals surface area contributed by atoms with Crippen LogP contribution in [-0.2, 0) is 11.3 Å². The smallest absolute Gasteiger partial charge is 0.220 e. The molecule has 1 amide bonds. The molecule has 1 aromatic rings. The Bertz CT molecular complexity index is 389. The fourth-order valence-electron chi connectivity index (χ4n) is 2.07. The van der Waals surface area contributed by atoms with Crippen LogP contribution in [0.15, 0.2) is 6.20 Å². The van der Waals surface area contributed by atoms with Crippen LogP contribution in [0.3, 0.4) is 0 Å². The van der Waals surface area contributed by atoms with E-state index in [1.165, 1.54) is 0 Å². The summed E-state index contributed by atoms with van der Waals surface area (Å²) >= 11 is 0. The van der Waals surface area contributed by atoms with Crippen LogP contribution < -0.4 is 11.1 Å². The summed E-state index contributed by atoms with van der Waals surface area (Å²) < 4.78 is 1.76. The SMILES string of the molecule is CCCC(N)c1cn(CC2CCC(=O)N2)nn1. The van der Waals surface area contributed by atoms with Gasteiger partial charge in [0.2, 0.25) is 5.91 Å². The van der Waals surface area contributed by atoms with Gasteiger partial charge < -0.3 is 11.1 Å². The third-order valence-electron chi connectivity index (χ3n) is 3.03. The molecule has 0 saturated carbocycles. The number of carbonyl (C=O) groups is 1. The van der Waals surface area contributed by atoms with Crippen LogP contribution >= 0.6 is 0 Å². The van der Waals surface area contributed by atoms with E-state index in [-0.39, 0.29) is 18.0 Å². The molecule has 6 nitrogen and oxygen atoms in total. The van der Waals surface area contributed by atoms with Gasteiger partial charge in [-0.1, -0.05) is 18.6 Å². The third-order valence-corrected chi connectivity index (χ3v) is 3.03. The van der Waals surface area contributed by atoms with Crippen molar-refractivity contribution in [3.05, 3.63) is 11.9 Å². The van der Waals surface area contributed by atoms with E-state index in [1.54, 1.807) is 4.68 Å². The van der Waals surface area contributed by atoms with Crippen molar-refractivity contribution in [2.45, 2.75) is 51.2 Å². The highest BCUT2D eigenvalue weighted by atomic mass is 16.1. The number of amides is 1. The van der Waals surface area contributed by atoms with Crippen molar-refractivity contribution in [2.24, 2.45) is 5.73 Å². The highest BCUT2D eigenvalue weighted by Gasteiger charge is 2.21. The summed E-state index contributed by atoms with van der Waals surface area (Å²) in [7, 11) is 0. The Morgan fingerprint density at radius 3 is 3.18 bits per heavy atom. The van der Waals surface area contributed by atoms with Crippen molar-refractivity contribution >= 4 is 5.91 Å². The molecule has 0 bridgehead atoms. The summed E-state index contributed by atoms with van der Waals surface area (Å²) in [6.45, 7) is 2.77. The maximum atomic E-state index is 11.1. The van der Waals surface area contributed by atoms with Crippen molar-refractivity contribution in [2.75, 3.05) is 0 Å². The third kappa shape index (κ3) is 3.03. The second-order valence-electron chi connectivity index (χ2n) is 4.56. The van der Waals surface area contributed by atoms with Gasteiger partial charge in [0, 0.05) is 12.5 Å². The predicted octanol–water partition coefficient (Wildman–Crippen LogP) is 0.357. The minimum atomic E-state index is -0.0353. The molecular weight excluding hydrogens is 218 g/mol. The highest BCUT2D eigenvalue weighted by molar-refractivity contribution is 5.78. The second kappa shape index (κ2) is 5.27. The van der Waals surface area contributed by atoms with E-state index < -0.39 is 0 Å². The Labute approximate surface area is 101 Å². The Hall–Kier alpha value is -1.43. The summed E-state index contributed by atoms with van der Waals surface area (Å²) in [6.07, 6.45) is 5.31. The standard InChI is InChI=1S/C11H19N5O/c1-2-3-9(12)10-7-16(15-14-10)6-8-4-5-11(17)13-8/h7-9H,2-6,12H2,1H3,(H,13,17). The van der Waals surface area contributed by atoms with Crippen LogP contribution in [0.2, 0.25) is 0 Å². The fourth-order valence-corrected chi connectivity index (χ4v) is 2.07. The molecule has 6 heteroatoms. The van der Waals surface area contributed by atoms with Crippen molar-refractivity contribution in [1.82, 2.24) is 20.3 Å². The van der Waals surface area contributed by atoms with E-state index in [9.17, 15) is 4.79 Å². The lowest BCUT2D eigenvalue weighted by atomic mass is 10.1. The molecule has 94 valence electrons. The first-order chi connectivity index (χ1) is 8.19. The predicted molar refractivity (Wildman–Crippen MR) is 63.0 cm³/mol. The van der Waals surface area contributed by atoms with Crippen molar-refractivity contribution in [1.29, 1.82) is 0 Å². The van der Waals surface area contributed by atoms with Gasteiger partial charge in [0.1, 0.15) is 0 Å². The lowest BCUT2D eigenvalue weighted by molar-refractivity contribution is -0.119. The molecule has 1 aromatic heterocycles. The molecule has 17 heavy (non-hydrogen) atoms. The van der Waals surface area contributed by atoms with Gasteiger partial charge >= 0.3 is 0 Å². The van der Waals surface area contributed by atoms with E-state index in [0.29, 0.717) is 13.0 Å². The summed E-state index contributed by atoms with van der Waals surface area (Å²) in [4.78, 5) is 11.1. The maximum Gasteiger partial charge on any atom is 0.220 e. The first kappa shape index (κ1) is 12.0. The molecule has 1 aliphatic rings. The Morgan fingerprint density at radius 2 is 2.53 bits per heavy atom. The number of rotatable bonds is 5. The molecule has 2 heterocycles. The van der Waals surface area contributed by atoms with Gasteiger partial charge in [0.25, 0.3) is 0 Å². The molecule has 1 saturated heterocycles. The molecule has 1 fully saturated rings. The largest absolute Gasteiger partial charge is 0.351 e. The zero-order valence-electron chi connectivity index (χ0n) is 10.1. The van der Waals surface area contributed by atoms with Crippen molar-refractivity contribution in [3.63, 3.8) is 0 Å². The van der Waals surface area contributed by atoms with Crippen LogP contribution in [0.1, 0.15) is 44.3 Å². The van der Waals surface area contributed by atoms with Crippen LogP contribution in [0.25, 0.3) is 0 Å². The number of carbonyl (C=O) groups excluding carboxylic acids is 1. The highest BCUT2D eigenvalue weighted by Crippen LogP contribution is 2.13. The average molecular weight is 237 g/mol. The molecule has 0 aromatic carbocycles. The van der Waals surface area contributed by atoms with E-state index in [0.717, 1.165) is 25.0 Å². The molecule has 2 atom stereocenters. The number of hydrogen-bond acceptors (Lipinski definition) is 4. The normalized spacial score (nSPS) is 21.5. The summed E-state index contributed by atoms with van der Waals surface area (Å²) in [5.74, 6) is 0.123. The summed E-state index contributed by atoms with van der Waals surface area (Å²) in [5, 5.41) is 11.0. The number of aromatic nitrogens is 3. The number of nitrogens with zero attached hydrogens (tertiary/aromatic N) is 3. The molecule has 2 rings (SSSR count). The van der Waals surface area contributed by atoms with Crippen molar-refractivity contribution in [3.8, 4) is 0 Å². The molecule has 1 aliphatic heterocycles. The molecule has 0 aliphatic carbocycles. The van der Waals surface area contributed by atoms with Crippen LogP contribution in [0, 0.1) is 0 Å². The average Bonchev–Trinajstić information content (AvgIpc) is 2.89. The zero-order valence-corrected chi connectivity index (χ0v) is 10.1. The number of nitrogens with two attached hydrogens (primary N) is 1.